The molecule has 0 heterocycles. The molecule has 43 heavy (non-hydrogen) atoms. The van der Waals surface area contributed by atoms with E-state index >= 15 is 0 Å². The molecule has 0 spiro atoms. The van der Waals surface area contributed by atoms with Crippen LogP contribution >= 0.6 is 0 Å². The molecule has 6 atom stereocenters. The first-order valence-electron chi connectivity index (χ1n) is 15.1. The fourth-order valence-electron chi connectivity index (χ4n) is 8.73. The van der Waals surface area contributed by atoms with Crippen LogP contribution in [0.1, 0.15) is 76.4 Å². The summed E-state index contributed by atoms with van der Waals surface area (Å²) < 4.78 is 5.77. The Hall–Kier alpha value is -3.65. The molecule has 2 aromatic carbocycles. The molecule has 0 saturated heterocycles. The lowest BCUT2D eigenvalue weighted by molar-refractivity contribution is -0.205. The minimum absolute atomic E-state index is 0.00433. The highest BCUT2D eigenvalue weighted by Gasteiger charge is 2.76. The fourth-order valence-corrected chi connectivity index (χ4v) is 8.73. The van der Waals surface area contributed by atoms with Gasteiger partial charge in [-0.25, -0.2) is 0 Å². The van der Waals surface area contributed by atoms with Gasteiger partial charge in [-0.2, -0.15) is 0 Å². The van der Waals surface area contributed by atoms with E-state index in [1.165, 1.54) is 6.07 Å². The highest BCUT2D eigenvalue weighted by molar-refractivity contribution is 6.32. The number of phenolic OH excluding ortho intramolecular Hbond substituents is 1. The second-order valence-electron chi connectivity index (χ2n) is 13.4. The third kappa shape index (κ3) is 4.09. The second kappa shape index (κ2) is 10.2. The molecule has 3 unspecified atom stereocenters. The lowest BCUT2D eigenvalue weighted by Crippen LogP contribution is -2.76. The van der Waals surface area contributed by atoms with Gasteiger partial charge in [0.15, 0.2) is 28.7 Å². The van der Waals surface area contributed by atoms with Gasteiger partial charge in [0.05, 0.1) is 18.1 Å². The Kier molecular flexibility index (Phi) is 7.32. The number of ether oxygens (including phenoxy) is 1. The van der Waals surface area contributed by atoms with Gasteiger partial charge in [0.2, 0.25) is 0 Å². The van der Waals surface area contributed by atoms with Crippen molar-refractivity contribution < 1.29 is 38.9 Å². The number of aliphatic hydroxyl groups is 1. The molecule has 0 aliphatic heterocycles. The molecule has 2 saturated carbocycles. The van der Waals surface area contributed by atoms with E-state index in [-0.39, 0.29) is 24.2 Å². The van der Waals surface area contributed by atoms with Crippen LogP contribution in [0.15, 0.2) is 30.3 Å². The number of phenols is 1. The SMILES string of the molecule is CCOc1ccc(-c2ccc(O)c3c2C[C@]2(C)C[C@]4(C)C(C(C)C)C(=O)C(C(C)=O)C(=O)[C@]4(O)C(=O)C2C3=O)cc1CC. The average Bonchev–Trinajstić information content (AvgIpc) is 2.91. The van der Waals surface area contributed by atoms with Crippen molar-refractivity contribution in [2.24, 2.45) is 34.5 Å². The van der Waals surface area contributed by atoms with Gasteiger partial charge in [0, 0.05) is 11.3 Å². The monoisotopic (exact) mass is 588 g/mol. The molecular weight excluding hydrogens is 548 g/mol. The van der Waals surface area contributed by atoms with E-state index in [0.29, 0.717) is 18.6 Å². The Bertz CT molecular complexity index is 1590. The smallest absolute Gasteiger partial charge is 0.190 e. The maximum Gasteiger partial charge on any atom is 0.190 e. The zero-order chi connectivity index (χ0) is 31.8. The zero-order valence-corrected chi connectivity index (χ0v) is 25.9. The highest BCUT2D eigenvalue weighted by Crippen LogP contribution is 2.64. The van der Waals surface area contributed by atoms with Gasteiger partial charge in [-0.05, 0) is 84.9 Å². The number of carbonyl (C=O) groups excluding carboxylic acids is 5. The maximum absolute atomic E-state index is 14.4. The predicted octanol–water partition coefficient (Wildman–Crippen LogP) is 4.72. The molecule has 8 heteroatoms. The van der Waals surface area contributed by atoms with Crippen LogP contribution in [0.4, 0.5) is 0 Å². The fraction of sp³-hybridized carbons (Fsp3) is 0.514. The third-order valence-corrected chi connectivity index (χ3v) is 10.3. The summed E-state index contributed by atoms with van der Waals surface area (Å²) in [7, 11) is 0. The van der Waals surface area contributed by atoms with Crippen LogP contribution in [0, 0.1) is 34.5 Å². The summed E-state index contributed by atoms with van der Waals surface area (Å²) in [6, 6.07) is 8.96. The van der Waals surface area contributed by atoms with E-state index in [1.807, 2.05) is 32.0 Å². The summed E-state index contributed by atoms with van der Waals surface area (Å²) in [5.41, 5.74) is -2.23. The second-order valence-corrected chi connectivity index (χ2v) is 13.4. The molecule has 0 bridgehead atoms. The van der Waals surface area contributed by atoms with E-state index in [2.05, 4.69) is 0 Å². The summed E-state index contributed by atoms with van der Waals surface area (Å²) in [4.78, 5) is 68.8. The van der Waals surface area contributed by atoms with Gasteiger partial charge in [-0.15, -0.1) is 0 Å². The third-order valence-electron chi connectivity index (χ3n) is 10.3. The van der Waals surface area contributed by atoms with Crippen molar-refractivity contribution in [1.29, 1.82) is 0 Å². The summed E-state index contributed by atoms with van der Waals surface area (Å²) in [6.07, 6.45) is 0.924. The number of ketones is 5. The molecule has 3 aliphatic rings. The quantitative estimate of drug-likeness (QED) is 0.463. The van der Waals surface area contributed by atoms with E-state index < -0.39 is 69.0 Å². The molecule has 8 nitrogen and oxygen atoms in total. The zero-order valence-electron chi connectivity index (χ0n) is 25.9. The summed E-state index contributed by atoms with van der Waals surface area (Å²) in [6.45, 7) is 12.5. The number of carbonyl (C=O) groups is 5. The lowest BCUT2D eigenvalue weighted by atomic mass is 9.40. The van der Waals surface area contributed by atoms with E-state index in [4.69, 9.17) is 4.74 Å². The Morgan fingerprint density at radius 1 is 1.05 bits per heavy atom. The average molecular weight is 589 g/mol. The van der Waals surface area contributed by atoms with Crippen LogP contribution in [-0.2, 0) is 32.0 Å². The standard InChI is InChI=1S/C35H40O8/c1-8-19-14-20(10-13-24(19)43-9-2)21-11-12-23(37)26-22(21)15-33(6)16-34(7)27(17(3)4)29(38)25(18(5)36)31(40)35(34,42)32(41)28(33)30(26)39/h10-14,17,25,27-28,37,42H,8-9,15-16H2,1-7H3/t25?,27?,28?,33-,34-,35+/m1/s1. The van der Waals surface area contributed by atoms with Gasteiger partial charge in [0.25, 0.3) is 0 Å². The van der Waals surface area contributed by atoms with Gasteiger partial charge >= 0.3 is 0 Å². The molecule has 2 N–H and O–H groups in total. The van der Waals surface area contributed by atoms with Gasteiger partial charge < -0.3 is 14.9 Å². The van der Waals surface area contributed by atoms with Crippen molar-refractivity contribution in [1.82, 2.24) is 0 Å². The number of hydrogen-bond acceptors (Lipinski definition) is 8. The van der Waals surface area contributed by atoms with E-state index in [9.17, 15) is 34.2 Å². The van der Waals surface area contributed by atoms with Gasteiger partial charge in [-0.3, -0.25) is 24.0 Å². The first-order valence-corrected chi connectivity index (χ1v) is 15.1. The predicted molar refractivity (Wildman–Crippen MR) is 159 cm³/mol. The number of aromatic hydroxyl groups is 1. The number of fused-ring (bicyclic) bond motifs is 3. The normalized spacial score (nSPS) is 31.9. The van der Waals surface area contributed by atoms with Crippen LogP contribution in [0.2, 0.25) is 0 Å². The van der Waals surface area contributed by atoms with Gasteiger partial charge in [-0.1, -0.05) is 46.8 Å². The molecular formula is C35H40O8. The molecule has 3 aliphatic carbocycles. The number of rotatable bonds is 6. The minimum atomic E-state index is -2.71. The lowest BCUT2D eigenvalue weighted by Gasteiger charge is -2.61. The van der Waals surface area contributed by atoms with E-state index in [1.54, 1.807) is 33.8 Å². The number of aryl methyl sites for hydroxylation is 1. The number of hydrogen-bond donors (Lipinski definition) is 2. The molecule has 228 valence electrons. The Labute approximate surface area is 251 Å². The highest BCUT2D eigenvalue weighted by atomic mass is 16.5. The molecule has 0 aromatic heterocycles. The van der Waals surface area contributed by atoms with Crippen molar-refractivity contribution >= 4 is 28.9 Å². The van der Waals surface area contributed by atoms with Crippen molar-refractivity contribution in [2.45, 2.75) is 73.3 Å². The van der Waals surface area contributed by atoms with Crippen molar-refractivity contribution in [2.75, 3.05) is 6.61 Å². The van der Waals surface area contributed by atoms with Crippen LogP contribution in [0.5, 0.6) is 11.5 Å². The number of benzene rings is 2. The summed E-state index contributed by atoms with van der Waals surface area (Å²) in [5.74, 6) is -8.22. The molecule has 0 radical (unpaired) electrons. The topological polar surface area (TPSA) is 135 Å². The Morgan fingerprint density at radius 3 is 2.30 bits per heavy atom. The molecule has 2 fully saturated rings. The maximum atomic E-state index is 14.4. The summed E-state index contributed by atoms with van der Waals surface area (Å²) >= 11 is 0. The molecule has 2 aromatic rings. The number of Topliss-reactive ketones (excluding diaryl/α,β-unsaturated/α-hetero) is 5. The van der Waals surface area contributed by atoms with Crippen molar-refractivity contribution in [3.8, 4) is 22.6 Å². The minimum Gasteiger partial charge on any atom is -0.507 e. The first-order chi connectivity index (χ1) is 20.1. The Morgan fingerprint density at radius 2 is 1.72 bits per heavy atom. The van der Waals surface area contributed by atoms with E-state index in [0.717, 1.165) is 29.4 Å². The van der Waals surface area contributed by atoms with Crippen molar-refractivity contribution in [3.05, 3.63) is 47.0 Å². The Balaban J connectivity index is 1.72. The van der Waals surface area contributed by atoms with Crippen LogP contribution in [0.25, 0.3) is 11.1 Å². The molecule has 5 rings (SSSR count). The first kappa shape index (κ1) is 30.8. The molecule has 0 amide bonds. The van der Waals surface area contributed by atoms with Crippen LogP contribution in [0.3, 0.4) is 0 Å². The largest absolute Gasteiger partial charge is 0.507 e. The van der Waals surface area contributed by atoms with Crippen LogP contribution < -0.4 is 4.74 Å². The van der Waals surface area contributed by atoms with Gasteiger partial charge in [0.1, 0.15) is 23.2 Å². The van der Waals surface area contributed by atoms with Crippen LogP contribution in [-0.4, -0.2) is 51.3 Å². The van der Waals surface area contributed by atoms with Crippen molar-refractivity contribution in [3.63, 3.8) is 0 Å². The summed E-state index contributed by atoms with van der Waals surface area (Å²) in [5, 5.41) is 23.1.